The van der Waals surface area contributed by atoms with Crippen LogP contribution in [0.15, 0.2) is 18.2 Å². The van der Waals surface area contributed by atoms with E-state index in [1.54, 1.807) is 0 Å². The van der Waals surface area contributed by atoms with Crippen molar-refractivity contribution in [2.75, 3.05) is 6.61 Å². The Kier molecular flexibility index (Phi) is 3.95. The normalized spacial score (nSPS) is 15.2. The van der Waals surface area contributed by atoms with Gasteiger partial charge in [-0.2, -0.15) is 0 Å². The summed E-state index contributed by atoms with van der Waals surface area (Å²) in [4.78, 5) is 0. The Labute approximate surface area is 110 Å². The lowest BCUT2D eigenvalue weighted by atomic mass is 10.3. The van der Waals surface area contributed by atoms with Gasteiger partial charge in [-0.25, -0.2) is 0 Å². The van der Waals surface area contributed by atoms with E-state index in [4.69, 9.17) is 9.47 Å². The first-order valence-electron chi connectivity index (χ1n) is 5.74. The van der Waals surface area contributed by atoms with Crippen LogP contribution in [-0.4, -0.2) is 12.7 Å². The van der Waals surface area contributed by atoms with E-state index < -0.39 is 0 Å². The molecule has 2 rings (SSSR count). The third-order valence-electron chi connectivity index (χ3n) is 2.44. The van der Waals surface area contributed by atoms with Crippen molar-refractivity contribution in [2.24, 2.45) is 5.92 Å². The van der Waals surface area contributed by atoms with E-state index in [2.05, 4.69) is 22.6 Å². The zero-order valence-corrected chi connectivity index (χ0v) is 11.9. The summed E-state index contributed by atoms with van der Waals surface area (Å²) >= 11 is 2.29. The Hall–Kier alpha value is -0.450. The Bertz CT molecular complexity index is 359. The summed E-state index contributed by atoms with van der Waals surface area (Å²) in [6, 6.07) is 6.08. The molecular formula is C13H17IO2. The Morgan fingerprint density at radius 1 is 1.31 bits per heavy atom. The van der Waals surface area contributed by atoms with Crippen molar-refractivity contribution in [2.45, 2.75) is 32.8 Å². The average molecular weight is 332 g/mol. The molecule has 0 radical (unpaired) electrons. The van der Waals surface area contributed by atoms with E-state index in [0.717, 1.165) is 24.0 Å². The number of hydrogen-bond donors (Lipinski definition) is 0. The first kappa shape index (κ1) is 12.0. The van der Waals surface area contributed by atoms with Gasteiger partial charge >= 0.3 is 0 Å². The number of ether oxygens (including phenoxy) is 2. The molecule has 0 bridgehead atoms. The van der Waals surface area contributed by atoms with Crippen LogP contribution < -0.4 is 9.47 Å². The summed E-state index contributed by atoms with van der Waals surface area (Å²) in [5, 5.41) is 0. The predicted octanol–water partition coefficient (Wildman–Crippen LogP) is 3.87. The quantitative estimate of drug-likeness (QED) is 0.762. The molecule has 1 saturated carbocycles. The van der Waals surface area contributed by atoms with E-state index in [1.165, 1.54) is 16.4 Å². The van der Waals surface area contributed by atoms with Crippen LogP contribution in [0.1, 0.15) is 26.7 Å². The highest BCUT2D eigenvalue weighted by molar-refractivity contribution is 14.1. The standard InChI is InChI=1S/C13H17IO2/c1-9(2)16-12-6-5-11(14)7-13(12)15-8-10-3-4-10/h5-7,9-10H,3-4,8H2,1-2H3. The van der Waals surface area contributed by atoms with Gasteiger partial charge in [0.25, 0.3) is 0 Å². The van der Waals surface area contributed by atoms with Crippen LogP contribution in [0.5, 0.6) is 11.5 Å². The predicted molar refractivity (Wildman–Crippen MR) is 73.1 cm³/mol. The zero-order chi connectivity index (χ0) is 11.5. The minimum atomic E-state index is 0.184. The molecule has 0 aliphatic heterocycles. The van der Waals surface area contributed by atoms with Gasteiger partial charge in [-0.15, -0.1) is 0 Å². The zero-order valence-electron chi connectivity index (χ0n) is 9.70. The van der Waals surface area contributed by atoms with Crippen molar-refractivity contribution in [1.29, 1.82) is 0 Å². The second-order valence-electron chi connectivity index (χ2n) is 4.51. The molecule has 0 saturated heterocycles. The molecule has 0 atom stereocenters. The van der Waals surface area contributed by atoms with Gasteiger partial charge in [0.15, 0.2) is 11.5 Å². The highest BCUT2D eigenvalue weighted by Gasteiger charge is 2.22. The molecule has 0 unspecified atom stereocenters. The number of hydrogen-bond acceptors (Lipinski definition) is 2. The van der Waals surface area contributed by atoms with Gasteiger partial charge in [-0.05, 0) is 73.4 Å². The SMILES string of the molecule is CC(C)Oc1ccc(I)cc1OCC1CC1. The molecule has 2 nitrogen and oxygen atoms in total. The Morgan fingerprint density at radius 2 is 2.06 bits per heavy atom. The molecule has 88 valence electrons. The fraction of sp³-hybridized carbons (Fsp3) is 0.538. The van der Waals surface area contributed by atoms with E-state index in [0.29, 0.717) is 0 Å². The molecule has 0 heterocycles. The fourth-order valence-corrected chi connectivity index (χ4v) is 1.90. The van der Waals surface area contributed by atoms with Gasteiger partial charge in [-0.1, -0.05) is 0 Å². The van der Waals surface area contributed by atoms with E-state index in [9.17, 15) is 0 Å². The Morgan fingerprint density at radius 3 is 2.69 bits per heavy atom. The molecule has 16 heavy (non-hydrogen) atoms. The second-order valence-corrected chi connectivity index (χ2v) is 5.76. The van der Waals surface area contributed by atoms with E-state index >= 15 is 0 Å². The van der Waals surface area contributed by atoms with Gasteiger partial charge < -0.3 is 9.47 Å². The molecule has 0 aromatic heterocycles. The lowest BCUT2D eigenvalue weighted by Crippen LogP contribution is -2.08. The van der Waals surface area contributed by atoms with Crippen molar-refractivity contribution in [3.05, 3.63) is 21.8 Å². The van der Waals surface area contributed by atoms with Crippen molar-refractivity contribution < 1.29 is 9.47 Å². The first-order chi connectivity index (χ1) is 7.65. The number of benzene rings is 1. The molecule has 1 aliphatic rings. The smallest absolute Gasteiger partial charge is 0.162 e. The van der Waals surface area contributed by atoms with Crippen LogP contribution in [0.2, 0.25) is 0 Å². The molecule has 1 aromatic rings. The summed E-state index contributed by atoms with van der Waals surface area (Å²) in [5.74, 6) is 2.51. The molecule has 0 spiro atoms. The summed E-state index contributed by atoms with van der Waals surface area (Å²) in [5.41, 5.74) is 0. The van der Waals surface area contributed by atoms with Crippen molar-refractivity contribution in [3.63, 3.8) is 0 Å². The summed E-state index contributed by atoms with van der Waals surface area (Å²) < 4.78 is 12.7. The number of rotatable bonds is 5. The van der Waals surface area contributed by atoms with Crippen LogP contribution >= 0.6 is 22.6 Å². The molecule has 1 aliphatic carbocycles. The monoisotopic (exact) mass is 332 g/mol. The van der Waals surface area contributed by atoms with Crippen molar-refractivity contribution in [1.82, 2.24) is 0 Å². The highest BCUT2D eigenvalue weighted by atomic mass is 127. The molecule has 0 N–H and O–H groups in total. The maximum atomic E-state index is 5.81. The van der Waals surface area contributed by atoms with Gasteiger partial charge in [0.1, 0.15) is 0 Å². The molecule has 0 amide bonds. The summed E-state index contributed by atoms with van der Waals surface area (Å²) in [6.07, 6.45) is 2.80. The lowest BCUT2D eigenvalue weighted by molar-refractivity contribution is 0.218. The molecular weight excluding hydrogens is 315 g/mol. The van der Waals surface area contributed by atoms with Crippen molar-refractivity contribution >= 4 is 22.6 Å². The van der Waals surface area contributed by atoms with Gasteiger partial charge in [0, 0.05) is 3.57 Å². The van der Waals surface area contributed by atoms with Crippen LogP contribution in [0, 0.1) is 9.49 Å². The third kappa shape index (κ3) is 3.54. The lowest BCUT2D eigenvalue weighted by Gasteiger charge is -2.15. The van der Waals surface area contributed by atoms with Gasteiger partial charge in [-0.3, -0.25) is 0 Å². The van der Waals surface area contributed by atoms with Crippen molar-refractivity contribution in [3.8, 4) is 11.5 Å². The van der Waals surface area contributed by atoms with E-state index in [-0.39, 0.29) is 6.10 Å². The van der Waals surface area contributed by atoms with Crippen LogP contribution in [0.4, 0.5) is 0 Å². The van der Waals surface area contributed by atoms with E-state index in [1.807, 2.05) is 32.0 Å². The fourth-order valence-electron chi connectivity index (χ4n) is 1.44. The van der Waals surface area contributed by atoms with Crippen LogP contribution in [0.25, 0.3) is 0 Å². The molecule has 3 heteroatoms. The largest absolute Gasteiger partial charge is 0.489 e. The topological polar surface area (TPSA) is 18.5 Å². The minimum Gasteiger partial charge on any atom is -0.489 e. The third-order valence-corrected chi connectivity index (χ3v) is 3.11. The average Bonchev–Trinajstić information content (AvgIpc) is 3.01. The van der Waals surface area contributed by atoms with Gasteiger partial charge in [0.2, 0.25) is 0 Å². The molecule has 1 aromatic carbocycles. The number of halogens is 1. The second kappa shape index (κ2) is 5.25. The van der Waals surface area contributed by atoms with Gasteiger partial charge in [0.05, 0.1) is 12.7 Å². The maximum Gasteiger partial charge on any atom is 0.162 e. The summed E-state index contributed by atoms with van der Waals surface area (Å²) in [6.45, 7) is 4.89. The van der Waals surface area contributed by atoms with Crippen LogP contribution in [-0.2, 0) is 0 Å². The Balaban J connectivity index is 2.07. The summed E-state index contributed by atoms with van der Waals surface area (Å²) in [7, 11) is 0. The van der Waals surface area contributed by atoms with Crippen LogP contribution in [0.3, 0.4) is 0 Å². The molecule has 1 fully saturated rings. The first-order valence-corrected chi connectivity index (χ1v) is 6.82. The minimum absolute atomic E-state index is 0.184. The highest BCUT2D eigenvalue weighted by Crippen LogP contribution is 2.34. The maximum absolute atomic E-state index is 5.81.